The smallest absolute Gasteiger partial charge is 0.284 e. The number of hydrogen-bond acceptors (Lipinski definition) is 4. The van der Waals surface area contributed by atoms with Gasteiger partial charge in [-0.15, -0.1) is 12.4 Å². The van der Waals surface area contributed by atoms with Crippen LogP contribution in [0.2, 0.25) is 0 Å². The Balaban J connectivity index is -0.000000135. The van der Waals surface area contributed by atoms with Gasteiger partial charge in [0.05, 0.1) is 0 Å². The van der Waals surface area contributed by atoms with Gasteiger partial charge in [-0.25, -0.2) is 0 Å². The summed E-state index contributed by atoms with van der Waals surface area (Å²) < 4.78 is 53.9. The van der Waals surface area contributed by atoms with Gasteiger partial charge in [0, 0.05) is 0 Å². The van der Waals surface area contributed by atoms with Crippen LogP contribution in [0.15, 0.2) is 0 Å². The molecule has 0 aliphatic carbocycles. The fourth-order valence-corrected chi connectivity index (χ4v) is 1.38. The lowest BCUT2D eigenvalue weighted by Gasteiger charge is -2.01. The molecule has 0 bridgehead atoms. The van der Waals surface area contributed by atoms with E-state index < -0.39 is 24.8 Å². The summed E-state index contributed by atoms with van der Waals surface area (Å²) in [5.74, 6) is 0. The summed E-state index contributed by atoms with van der Waals surface area (Å²) in [6.07, 6.45) is 0. The van der Waals surface area contributed by atoms with Crippen LogP contribution in [0.4, 0.5) is 0 Å². The first kappa shape index (κ1) is 24.1. The SMILES string of the molecule is CC(S(=O)(=O)O)S(=O)(=O)O.Cl.[MgH2].[MgH2]. The lowest BCUT2D eigenvalue weighted by atomic mass is 11.0. The third kappa shape index (κ3) is 9.94. The van der Waals surface area contributed by atoms with Gasteiger partial charge in [0.2, 0.25) is 4.58 Å². The van der Waals surface area contributed by atoms with Crippen LogP contribution >= 0.6 is 12.4 Å². The first-order valence-electron chi connectivity index (χ1n) is 2.08. The largest absolute Gasteiger partial charge is 0.316 e. The van der Waals surface area contributed by atoms with Crippen LogP contribution in [0.1, 0.15) is 6.92 Å². The zero-order valence-corrected chi connectivity index (χ0v) is 7.78. The zero-order valence-electron chi connectivity index (χ0n) is 5.33. The highest BCUT2D eigenvalue weighted by Crippen LogP contribution is 2.03. The molecule has 0 aromatic rings. The molecule has 11 heteroatoms. The molecule has 0 saturated heterocycles. The molecule has 0 spiro atoms. The van der Waals surface area contributed by atoms with Crippen LogP contribution in [0, 0.1) is 0 Å². The van der Waals surface area contributed by atoms with Crippen LogP contribution in [-0.4, -0.2) is 76.6 Å². The van der Waals surface area contributed by atoms with Crippen LogP contribution < -0.4 is 0 Å². The second-order valence-corrected chi connectivity index (χ2v) is 5.37. The zero-order chi connectivity index (χ0) is 8.58. The van der Waals surface area contributed by atoms with Gasteiger partial charge in [-0.2, -0.15) is 16.8 Å². The first-order chi connectivity index (χ1) is 4.15. The molecule has 0 radical (unpaired) electrons. The van der Waals surface area contributed by atoms with Gasteiger partial charge >= 0.3 is 46.1 Å². The molecule has 13 heavy (non-hydrogen) atoms. The minimum Gasteiger partial charge on any atom is -0.284 e. The van der Waals surface area contributed by atoms with E-state index in [0.29, 0.717) is 6.92 Å². The Labute approximate surface area is 115 Å². The fraction of sp³-hybridized carbons (Fsp3) is 1.00. The monoisotopic (exact) mass is 278 g/mol. The maximum absolute atomic E-state index is 9.99. The summed E-state index contributed by atoms with van der Waals surface area (Å²) in [5, 5.41) is 0. The summed E-state index contributed by atoms with van der Waals surface area (Å²) >= 11 is 0. The molecular formula is C2H11ClMg2O6S2. The Bertz CT molecular complexity index is 276. The van der Waals surface area contributed by atoms with E-state index >= 15 is 0 Å². The van der Waals surface area contributed by atoms with E-state index in [-0.39, 0.29) is 58.5 Å². The van der Waals surface area contributed by atoms with Gasteiger partial charge in [0.15, 0.2) is 0 Å². The number of hydrogen-bond donors (Lipinski definition) is 2. The molecule has 2 N–H and O–H groups in total. The summed E-state index contributed by atoms with van der Waals surface area (Å²) in [7, 11) is -9.40. The molecule has 0 atom stereocenters. The molecule has 0 fully saturated rings. The Morgan fingerprint density at radius 3 is 1.08 bits per heavy atom. The number of rotatable bonds is 2. The van der Waals surface area contributed by atoms with E-state index in [1.165, 1.54) is 0 Å². The highest BCUT2D eigenvalue weighted by atomic mass is 35.5. The van der Waals surface area contributed by atoms with E-state index in [9.17, 15) is 16.8 Å². The van der Waals surface area contributed by atoms with Crippen molar-refractivity contribution >= 4 is 78.7 Å². The van der Waals surface area contributed by atoms with E-state index in [1.54, 1.807) is 0 Å². The predicted octanol–water partition coefficient (Wildman–Crippen LogP) is -2.30. The second kappa shape index (κ2) is 7.87. The summed E-state index contributed by atoms with van der Waals surface area (Å²) in [5.41, 5.74) is 0. The predicted molar refractivity (Wildman–Crippen MR) is 56.9 cm³/mol. The minimum absolute atomic E-state index is 0. The Morgan fingerprint density at radius 2 is 1.08 bits per heavy atom. The molecule has 0 heterocycles. The maximum atomic E-state index is 9.99. The molecule has 0 aromatic carbocycles. The average Bonchev–Trinajstić information content (AvgIpc) is 1.59. The van der Waals surface area contributed by atoms with Crippen molar-refractivity contribution in [2.24, 2.45) is 0 Å². The Morgan fingerprint density at radius 1 is 0.923 bits per heavy atom. The molecule has 0 saturated carbocycles. The molecule has 0 rings (SSSR count). The van der Waals surface area contributed by atoms with Gasteiger partial charge < -0.3 is 0 Å². The molecule has 0 aromatic heterocycles. The van der Waals surface area contributed by atoms with Crippen molar-refractivity contribution in [2.45, 2.75) is 11.5 Å². The topological polar surface area (TPSA) is 109 Å². The lowest BCUT2D eigenvalue weighted by molar-refractivity contribution is 0.458. The third-order valence-electron chi connectivity index (χ3n) is 0.839. The number of halogens is 1. The maximum Gasteiger partial charge on any atom is 0.316 e. The van der Waals surface area contributed by atoms with Gasteiger partial charge in [-0.05, 0) is 6.92 Å². The highest BCUT2D eigenvalue weighted by Gasteiger charge is 2.29. The van der Waals surface area contributed by atoms with Crippen molar-refractivity contribution in [3.05, 3.63) is 0 Å². The first-order valence-corrected chi connectivity index (χ1v) is 5.09. The molecular weight excluding hydrogens is 268 g/mol. The van der Waals surface area contributed by atoms with Crippen molar-refractivity contribution < 1.29 is 25.9 Å². The van der Waals surface area contributed by atoms with Crippen molar-refractivity contribution in [3.8, 4) is 0 Å². The molecule has 0 unspecified atom stereocenters. The Kier molecular flexibility index (Phi) is 14.6. The van der Waals surface area contributed by atoms with Gasteiger partial charge in [-0.3, -0.25) is 9.11 Å². The molecule has 0 aliphatic heterocycles. The van der Waals surface area contributed by atoms with Crippen molar-refractivity contribution in [1.29, 1.82) is 0 Å². The fourth-order valence-electron chi connectivity index (χ4n) is 0.154. The van der Waals surface area contributed by atoms with Crippen molar-refractivity contribution in [3.63, 3.8) is 0 Å². The summed E-state index contributed by atoms with van der Waals surface area (Å²) in [4.78, 5) is 0. The van der Waals surface area contributed by atoms with Crippen LogP contribution in [0.3, 0.4) is 0 Å². The van der Waals surface area contributed by atoms with E-state index in [1.807, 2.05) is 0 Å². The van der Waals surface area contributed by atoms with Crippen LogP contribution in [0.5, 0.6) is 0 Å². The van der Waals surface area contributed by atoms with E-state index in [2.05, 4.69) is 0 Å². The summed E-state index contributed by atoms with van der Waals surface area (Å²) in [6, 6.07) is 0. The third-order valence-corrected chi connectivity index (χ3v) is 3.98. The van der Waals surface area contributed by atoms with E-state index in [0.717, 1.165) is 0 Å². The quantitative estimate of drug-likeness (QED) is 0.434. The van der Waals surface area contributed by atoms with Crippen molar-refractivity contribution in [1.82, 2.24) is 0 Å². The Hall–Kier alpha value is 1.64. The van der Waals surface area contributed by atoms with Crippen molar-refractivity contribution in [2.75, 3.05) is 0 Å². The van der Waals surface area contributed by atoms with Gasteiger partial charge in [-0.1, -0.05) is 0 Å². The van der Waals surface area contributed by atoms with Crippen LogP contribution in [0.25, 0.3) is 0 Å². The summed E-state index contributed by atoms with van der Waals surface area (Å²) in [6.45, 7) is 0.657. The van der Waals surface area contributed by atoms with Crippen LogP contribution in [-0.2, 0) is 20.2 Å². The second-order valence-electron chi connectivity index (χ2n) is 1.60. The minimum atomic E-state index is -4.70. The average molecular weight is 279 g/mol. The van der Waals surface area contributed by atoms with Gasteiger partial charge in [0.1, 0.15) is 0 Å². The highest BCUT2D eigenvalue weighted by molar-refractivity contribution is 8.03. The molecule has 0 aliphatic rings. The van der Waals surface area contributed by atoms with Gasteiger partial charge in [0.25, 0.3) is 20.2 Å². The van der Waals surface area contributed by atoms with E-state index in [4.69, 9.17) is 9.11 Å². The normalized spacial score (nSPS) is 10.8. The lowest BCUT2D eigenvalue weighted by Crippen LogP contribution is -2.25. The molecule has 78 valence electrons. The molecule has 0 amide bonds. The standard InChI is InChI=1S/C2H6O6S2.ClH.2Mg.4H/c1-2(9(3,4)5)10(6,7)8;;;;;;;/h2H,1H3,(H,3,4,5)(H,6,7,8);1H;;;;;;. The molecule has 6 nitrogen and oxygen atoms in total.